The van der Waals surface area contributed by atoms with E-state index in [0.29, 0.717) is 15.7 Å². The first-order valence-electron chi connectivity index (χ1n) is 6.50. The van der Waals surface area contributed by atoms with Crippen molar-refractivity contribution in [3.8, 4) is 17.1 Å². The van der Waals surface area contributed by atoms with E-state index in [4.69, 9.17) is 16.0 Å². The molecule has 0 saturated carbocycles. The van der Waals surface area contributed by atoms with Crippen molar-refractivity contribution in [2.45, 2.75) is 9.79 Å². The summed E-state index contributed by atoms with van der Waals surface area (Å²) in [5.74, 6) is 0.201. The Hall–Kier alpha value is -2.17. The Kier molecular flexibility index (Phi) is 4.22. The third-order valence-electron chi connectivity index (χ3n) is 3.00. The Labute approximate surface area is 136 Å². The van der Waals surface area contributed by atoms with Crippen LogP contribution in [-0.2, 0) is 0 Å². The highest BCUT2D eigenvalue weighted by Gasteiger charge is 2.15. The molecule has 0 aliphatic carbocycles. The topological polar surface area (TPSA) is 50.4 Å². The van der Waals surface area contributed by atoms with Gasteiger partial charge in [0, 0.05) is 16.5 Å². The van der Waals surface area contributed by atoms with Gasteiger partial charge in [-0.3, -0.25) is 0 Å². The Bertz CT molecular complexity index is 859. The van der Waals surface area contributed by atoms with Crippen LogP contribution >= 0.6 is 23.4 Å². The highest BCUT2D eigenvalue weighted by molar-refractivity contribution is 7.99. The van der Waals surface area contributed by atoms with Crippen LogP contribution in [0.15, 0.2) is 79.7 Å². The average Bonchev–Trinajstić information content (AvgIpc) is 2.53. The summed E-state index contributed by atoms with van der Waals surface area (Å²) < 4.78 is 5.31. The Morgan fingerprint density at radius 2 is 1.68 bits per heavy atom. The molecule has 110 valence electrons. The molecular weight excluding hydrogens is 320 g/mol. The van der Waals surface area contributed by atoms with Crippen molar-refractivity contribution in [2.24, 2.45) is 0 Å². The second-order valence-electron chi connectivity index (χ2n) is 4.51. The zero-order valence-corrected chi connectivity index (χ0v) is 12.9. The minimum atomic E-state index is -0.594. The van der Waals surface area contributed by atoms with Crippen LogP contribution in [0.2, 0.25) is 5.02 Å². The van der Waals surface area contributed by atoms with Gasteiger partial charge in [-0.05, 0) is 12.1 Å². The van der Waals surface area contributed by atoms with Gasteiger partial charge in [0.15, 0.2) is 0 Å². The maximum Gasteiger partial charge on any atom is 0.354 e. The number of rotatable bonds is 3. The molecule has 1 N–H and O–H groups in total. The third kappa shape index (κ3) is 3.03. The van der Waals surface area contributed by atoms with E-state index in [1.165, 1.54) is 6.07 Å². The fraction of sp³-hybridized carbons (Fsp3) is 0. The van der Waals surface area contributed by atoms with Gasteiger partial charge in [-0.1, -0.05) is 65.8 Å². The average molecular weight is 331 g/mol. The second kappa shape index (κ2) is 6.30. The lowest BCUT2D eigenvalue weighted by molar-refractivity contribution is 0.430. The van der Waals surface area contributed by atoms with Crippen LogP contribution in [0.1, 0.15) is 0 Å². The van der Waals surface area contributed by atoms with Crippen LogP contribution < -0.4 is 5.63 Å². The number of halogens is 1. The molecule has 0 unspecified atom stereocenters. The predicted octanol–water partition coefficient (Wildman–Crippen LogP) is 4.82. The van der Waals surface area contributed by atoms with E-state index in [1.807, 2.05) is 24.3 Å². The molecule has 0 amide bonds. The van der Waals surface area contributed by atoms with Crippen molar-refractivity contribution in [2.75, 3.05) is 0 Å². The molecule has 3 rings (SSSR count). The summed E-state index contributed by atoms with van der Waals surface area (Å²) in [7, 11) is 0. The highest BCUT2D eigenvalue weighted by atomic mass is 35.5. The number of hydrogen-bond acceptors (Lipinski definition) is 4. The zero-order valence-electron chi connectivity index (χ0n) is 11.3. The molecular formula is C17H11ClO3S. The Morgan fingerprint density at radius 1 is 1.00 bits per heavy atom. The molecule has 3 aromatic rings. The van der Waals surface area contributed by atoms with Gasteiger partial charge in [0.2, 0.25) is 0 Å². The molecule has 0 aliphatic rings. The largest absolute Gasteiger partial charge is 0.506 e. The number of benzene rings is 2. The van der Waals surface area contributed by atoms with Crippen molar-refractivity contribution >= 4 is 23.4 Å². The van der Waals surface area contributed by atoms with Crippen LogP contribution in [0.25, 0.3) is 11.3 Å². The van der Waals surface area contributed by atoms with Gasteiger partial charge < -0.3 is 9.52 Å². The minimum absolute atomic E-state index is 0.118. The van der Waals surface area contributed by atoms with E-state index in [9.17, 15) is 9.90 Å². The summed E-state index contributed by atoms with van der Waals surface area (Å²) in [5, 5.41) is 10.7. The first-order valence-corrected chi connectivity index (χ1v) is 7.69. The van der Waals surface area contributed by atoms with Crippen LogP contribution in [0, 0.1) is 0 Å². The van der Waals surface area contributed by atoms with E-state index < -0.39 is 5.63 Å². The molecule has 1 heterocycles. The summed E-state index contributed by atoms with van der Waals surface area (Å²) in [4.78, 5) is 13.0. The number of hydrogen-bond donors (Lipinski definition) is 1. The van der Waals surface area contributed by atoms with Crippen LogP contribution in [0.5, 0.6) is 5.75 Å². The van der Waals surface area contributed by atoms with Gasteiger partial charge in [0.25, 0.3) is 0 Å². The smallest absolute Gasteiger partial charge is 0.354 e. The van der Waals surface area contributed by atoms with Gasteiger partial charge in [-0.25, -0.2) is 4.79 Å². The third-order valence-corrected chi connectivity index (χ3v) is 4.59. The van der Waals surface area contributed by atoms with Crippen molar-refractivity contribution in [1.82, 2.24) is 0 Å². The molecule has 0 radical (unpaired) electrons. The van der Waals surface area contributed by atoms with Gasteiger partial charge in [-0.2, -0.15) is 0 Å². The zero-order chi connectivity index (χ0) is 15.5. The summed E-state index contributed by atoms with van der Waals surface area (Å²) in [6, 6.07) is 17.7. The van der Waals surface area contributed by atoms with Crippen molar-refractivity contribution in [3.05, 3.63) is 76.1 Å². The molecule has 0 bridgehead atoms. The van der Waals surface area contributed by atoms with Crippen molar-refractivity contribution in [3.63, 3.8) is 0 Å². The first-order chi connectivity index (χ1) is 10.6. The molecule has 0 atom stereocenters. The molecule has 3 nitrogen and oxygen atoms in total. The highest BCUT2D eigenvalue weighted by Crippen LogP contribution is 2.37. The standard InChI is InChI=1S/C17H11ClO3S/c18-12-8-4-5-9-15(12)22-16-13(19)10-14(21-17(16)20)11-6-2-1-3-7-11/h1-10,19H. The van der Waals surface area contributed by atoms with Gasteiger partial charge in [0.05, 0.1) is 5.02 Å². The summed E-state index contributed by atoms with van der Waals surface area (Å²) in [6.45, 7) is 0. The lowest BCUT2D eigenvalue weighted by Crippen LogP contribution is -2.02. The molecule has 0 saturated heterocycles. The second-order valence-corrected chi connectivity index (χ2v) is 5.97. The molecule has 0 fully saturated rings. The van der Waals surface area contributed by atoms with E-state index >= 15 is 0 Å². The Morgan fingerprint density at radius 3 is 2.36 bits per heavy atom. The monoisotopic (exact) mass is 330 g/mol. The van der Waals surface area contributed by atoms with E-state index in [1.54, 1.807) is 30.3 Å². The minimum Gasteiger partial charge on any atom is -0.506 e. The van der Waals surface area contributed by atoms with Crippen LogP contribution in [0.4, 0.5) is 0 Å². The fourth-order valence-corrected chi connectivity index (χ4v) is 3.02. The first kappa shape index (κ1) is 14.8. The lowest BCUT2D eigenvalue weighted by atomic mass is 10.1. The maximum absolute atomic E-state index is 12.2. The molecule has 0 spiro atoms. The lowest BCUT2D eigenvalue weighted by Gasteiger charge is -2.06. The SMILES string of the molecule is O=c1oc(-c2ccccc2)cc(O)c1Sc1ccccc1Cl. The summed E-state index contributed by atoms with van der Waals surface area (Å²) in [6.07, 6.45) is 0. The fourth-order valence-electron chi connectivity index (χ4n) is 1.95. The maximum atomic E-state index is 12.2. The van der Waals surface area contributed by atoms with Gasteiger partial charge in [0.1, 0.15) is 16.4 Å². The Balaban J connectivity index is 2.01. The molecule has 22 heavy (non-hydrogen) atoms. The number of aromatic hydroxyl groups is 1. The normalized spacial score (nSPS) is 10.6. The van der Waals surface area contributed by atoms with Crippen molar-refractivity contribution in [1.29, 1.82) is 0 Å². The summed E-state index contributed by atoms with van der Waals surface area (Å²) in [5.41, 5.74) is 0.132. The molecule has 5 heteroatoms. The van der Waals surface area contributed by atoms with E-state index in [2.05, 4.69) is 0 Å². The molecule has 2 aromatic carbocycles. The van der Waals surface area contributed by atoms with Gasteiger partial charge >= 0.3 is 5.63 Å². The van der Waals surface area contributed by atoms with E-state index in [0.717, 1.165) is 17.3 Å². The summed E-state index contributed by atoms with van der Waals surface area (Å²) >= 11 is 7.15. The van der Waals surface area contributed by atoms with Gasteiger partial charge in [-0.15, -0.1) is 0 Å². The van der Waals surface area contributed by atoms with E-state index in [-0.39, 0.29) is 10.6 Å². The van der Waals surface area contributed by atoms with Crippen LogP contribution in [0.3, 0.4) is 0 Å². The molecule has 1 aromatic heterocycles. The quantitative estimate of drug-likeness (QED) is 0.748. The molecule has 0 aliphatic heterocycles. The predicted molar refractivity (Wildman–Crippen MR) is 87.7 cm³/mol. The van der Waals surface area contributed by atoms with Crippen LogP contribution in [-0.4, -0.2) is 5.11 Å². The van der Waals surface area contributed by atoms with Crippen molar-refractivity contribution < 1.29 is 9.52 Å².